The Morgan fingerprint density at radius 2 is 1.52 bits per heavy atom. The topological polar surface area (TPSA) is 61.3 Å². The molecule has 0 aromatic carbocycles. The monoisotopic (exact) mass is 316 g/mol. The van der Waals surface area contributed by atoms with Crippen molar-refractivity contribution in [1.82, 2.24) is 0 Å². The van der Waals surface area contributed by atoms with E-state index in [1.54, 1.807) is 0 Å². The lowest BCUT2D eigenvalue weighted by Gasteiger charge is -2.31. The number of hydrogen-bond acceptors (Lipinski definition) is 4. The Morgan fingerprint density at radius 3 is 2.05 bits per heavy atom. The van der Waals surface area contributed by atoms with E-state index in [0.717, 1.165) is 11.7 Å². The van der Waals surface area contributed by atoms with E-state index in [0.29, 0.717) is 13.2 Å². The molecule has 0 spiro atoms. The van der Waals surface area contributed by atoms with Crippen molar-refractivity contribution >= 4 is 11.8 Å². The molecule has 4 N–H and O–H groups in total. The summed E-state index contributed by atoms with van der Waals surface area (Å²) >= 11 is 2.16. The van der Waals surface area contributed by atoms with Crippen LogP contribution < -0.4 is 11.5 Å². The summed E-state index contributed by atoms with van der Waals surface area (Å²) in [6.45, 7) is 7.58. The van der Waals surface area contributed by atoms with Crippen LogP contribution >= 0.6 is 11.8 Å². The highest BCUT2D eigenvalue weighted by molar-refractivity contribution is 8.01. The standard InChI is InChI=1S/C17H36N2OS/c1-16(2,12-13-20-17(3,19)14-18)21-15-10-8-6-4-5-7-9-11-15/h15H,4-14,18-19H2,1-3H3. The number of thioether (sulfide) groups is 1. The van der Waals surface area contributed by atoms with E-state index in [2.05, 4.69) is 25.6 Å². The maximum atomic E-state index is 5.93. The molecule has 1 rings (SSSR count). The molecule has 21 heavy (non-hydrogen) atoms. The molecule has 1 fully saturated rings. The minimum atomic E-state index is -0.682. The largest absolute Gasteiger partial charge is 0.360 e. The Labute approximate surface area is 135 Å². The Bertz CT molecular complexity index is 272. The zero-order chi connectivity index (χ0) is 15.8. The Kier molecular flexibility index (Phi) is 8.62. The second-order valence-corrected chi connectivity index (χ2v) is 9.32. The van der Waals surface area contributed by atoms with E-state index < -0.39 is 5.72 Å². The molecule has 0 heterocycles. The zero-order valence-electron chi connectivity index (χ0n) is 14.3. The molecule has 0 aromatic heterocycles. The Morgan fingerprint density at radius 1 is 1.00 bits per heavy atom. The molecule has 0 bridgehead atoms. The van der Waals surface area contributed by atoms with Crippen molar-refractivity contribution < 1.29 is 4.74 Å². The average molecular weight is 317 g/mol. The van der Waals surface area contributed by atoms with Crippen molar-refractivity contribution in [3.63, 3.8) is 0 Å². The van der Waals surface area contributed by atoms with Crippen molar-refractivity contribution in [1.29, 1.82) is 0 Å². The average Bonchev–Trinajstić information content (AvgIpc) is 2.52. The molecule has 0 amide bonds. The van der Waals surface area contributed by atoms with Crippen LogP contribution in [0.2, 0.25) is 0 Å². The van der Waals surface area contributed by atoms with Crippen LogP contribution in [-0.4, -0.2) is 28.9 Å². The molecule has 0 aromatic rings. The molecule has 3 nitrogen and oxygen atoms in total. The lowest BCUT2D eigenvalue weighted by atomic mass is 10.1. The second-order valence-electron chi connectivity index (χ2n) is 7.31. The third-order valence-corrected chi connectivity index (χ3v) is 5.98. The number of hydrogen-bond donors (Lipinski definition) is 2. The lowest BCUT2D eigenvalue weighted by molar-refractivity contribution is -0.0230. The quantitative estimate of drug-likeness (QED) is 0.696. The van der Waals surface area contributed by atoms with Crippen molar-refractivity contribution in [3.05, 3.63) is 0 Å². The van der Waals surface area contributed by atoms with Crippen LogP contribution in [0.3, 0.4) is 0 Å². The van der Waals surface area contributed by atoms with E-state index in [1.807, 2.05) is 6.92 Å². The maximum Gasteiger partial charge on any atom is 0.126 e. The minimum Gasteiger partial charge on any atom is -0.360 e. The lowest BCUT2D eigenvalue weighted by Crippen LogP contribution is -2.47. The molecule has 0 radical (unpaired) electrons. The molecule has 1 unspecified atom stereocenters. The summed E-state index contributed by atoms with van der Waals surface area (Å²) in [5.74, 6) is 0. The highest BCUT2D eigenvalue weighted by atomic mass is 32.2. The van der Waals surface area contributed by atoms with Crippen LogP contribution in [-0.2, 0) is 4.74 Å². The smallest absolute Gasteiger partial charge is 0.126 e. The fourth-order valence-corrected chi connectivity index (χ4v) is 4.48. The van der Waals surface area contributed by atoms with E-state index in [1.165, 1.54) is 51.4 Å². The normalized spacial score (nSPS) is 22.1. The highest BCUT2D eigenvalue weighted by Gasteiger charge is 2.25. The third-order valence-electron chi connectivity index (χ3n) is 4.33. The molecule has 1 aliphatic carbocycles. The molecular formula is C17H36N2OS. The minimum absolute atomic E-state index is 0.253. The summed E-state index contributed by atoms with van der Waals surface area (Å²) in [5, 5.41) is 0.817. The highest BCUT2D eigenvalue weighted by Crippen LogP contribution is 2.37. The van der Waals surface area contributed by atoms with Gasteiger partial charge in [-0.1, -0.05) is 52.4 Å². The predicted molar refractivity (Wildman–Crippen MR) is 94.6 cm³/mol. The van der Waals surface area contributed by atoms with E-state index >= 15 is 0 Å². The first-order valence-corrected chi connectivity index (χ1v) is 9.53. The number of rotatable bonds is 7. The van der Waals surface area contributed by atoms with Crippen molar-refractivity contribution in [2.45, 2.75) is 94.3 Å². The fourth-order valence-electron chi connectivity index (χ4n) is 2.81. The van der Waals surface area contributed by atoms with Gasteiger partial charge in [-0.05, 0) is 26.2 Å². The van der Waals surface area contributed by atoms with Gasteiger partial charge in [0.05, 0.1) is 6.61 Å². The van der Waals surface area contributed by atoms with Crippen molar-refractivity contribution in [3.8, 4) is 0 Å². The van der Waals surface area contributed by atoms with Gasteiger partial charge in [0.25, 0.3) is 0 Å². The van der Waals surface area contributed by atoms with Gasteiger partial charge in [-0.15, -0.1) is 0 Å². The van der Waals surface area contributed by atoms with Crippen LogP contribution in [0.5, 0.6) is 0 Å². The van der Waals surface area contributed by atoms with Crippen LogP contribution in [0.4, 0.5) is 0 Å². The number of ether oxygens (including phenoxy) is 1. The molecule has 1 atom stereocenters. The van der Waals surface area contributed by atoms with E-state index in [9.17, 15) is 0 Å². The summed E-state index contributed by atoms with van der Waals surface area (Å²) in [6.07, 6.45) is 12.3. The second kappa shape index (κ2) is 9.39. The summed E-state index contributed by atoms with van der Waals surface area (Å²) < 4.78 is 5.96. The first-order chi connectivity index (χ1) is 9.85. The van der Waals surface area contributed by atoms with Crippen LogP contribution in [0, 0.1) is 0 Å². The third kappa shape index (κ3) is 9.07. The van der Waals surface area contributed by atoms with Gasteiger partial charge in [-0.3, -0.25) is 0 Å². The van der Waals surface area contributed by atoms with Gasteiger partial charge in [-0.2, -0.15) is 11.8 Å². The summed E-state index contributed by atoms with van der Waals surface area (Å²) in [6, 6.07) is 0. The van der Waals surface area contributed by atoms with Crippen LogP contribution in [0.15, 0.2) is 0 Å². The van der Waals surface area contributed by atoms with E-state index in [-0.39, 0.29) is 4.75 Å². The molecule has 126 valence electrons. The van der Waals surface area contributed by atoms with Crippen LogP contribution in [0.25, 0.3) is 0 Å². The van der Waals surface area contributed by atoms with Crippen LogP contribution in [0.1, 0.15) is 78.6 Å². The summed E-state index contributed by atoms with van der Waals surface area (Å²) in [4.78, 5) is 0. The fraction of sp³-hybridized carbons (Fsp3) is 1.00. The molecule has 1 aliphatic rings. The molecule has 0 aliphatic heterocycles. The first-order valence-electron chi connectivity index (χ1n) is 8.65. The van der Waals surface area contributed by atoms with Gasteiger partial charge in [0.1, 0.15) is 5.72 Å². The maximum absolute atomic E-state index is 5.93. The SMILES string of the molecule is CC(N)(CN)OCCC(C)(C)SC1CCCCCCCC1. The van der Waals surface area contributed by atoms with E-state index in [4.69, 9.17) is 16.2 Å². The van der Waals surface area contributed by atoms with Crippen molar-refractivity contribution in [2.75, 3.05) is 13.2 Å². The van der Waals surface area contributed by atoms with Gasteiger partial charge < -0.3 is 16.2 Å². The van der Waals surface area contributed by atoms with Gasteiger partial charge in [-0.25, -0.2) is 0 Å². The Balaban J connectivity index is 2.34. The number of nitrogens with two attached hydrogens (primary N) is 2. The summed E-state index contributed by atoms with van der Waals surface area (Å²) in [7, 11) is 0. The van der Waals surface area contributed by atoms with Gasteiger partial charge >= 0.3 is 0 Å². The Hall–Kier alpha value is 0.230. The molecule has 4 heteroatoms. The predicted octanol–water partition coefficient (Wildman–Crippen LogP) is 4.04. The first kappa shape index (κ1) is 19.3. The molecular weight excluding hydrogens is 280 g/mol. The summed E-state index contributed by atoms with van der Waals surface area (Å²) in [5.41, 5.74) is 10.8. The van der Waals surface area contributed by atoms with Gasteiger partial charge in [0.15, 0.2) is 0 Å². The molecule has 1 saturated carbocycles. The molecule has 0 saturated heterocycles. The van der Waals surface area contributed by atoms with Gasteiger partial charge in [0, 0.05) is 16.5 Å². The van der Waals surface area contributed by atoms with Gasteiger partial charge in [0.2, 0.25) is 0 Å². The van der Waals surface area contributed by atoms with Crippen molar-refractivity contribution in [2.24, 2.45) is 11.5 Å². The zero-order valence-corrected chi connectivity index (χ0v) is 15.1.